The van der Waals surface area contributed by atoms with Gasteiger partial charge in [-0.15, -0.1) is 0 Å². The van der Waals surface area contributed by atoms with E-state index in [0.29, 0.717) is 29.7 Å². The van der Waals surface area contributed by atoms with E-state index in [1.54, 1.807) is 36.3 Å². The Morgan fingerprint density at radius 2 is 1.81 bits per heavy atom. The molecule has 0 N–H and O–H groups in total. The molecule has 5 heteroatoms. The average Bonchev–Trinajstić information content (AvgIpc) is 2.99. The lowest BCUT2D eigenvalue weighted by molar-refractivity contribution is 0.0663. The summed E-state index contributed by atoms with van der Waals surface area (Å²) in [4.78, 5) is 27.9. The number of carbonyl (C=O) groups excluding carboxylic acids is 1. The number of nitrogens with zero attached hydrogens (tertiary/aromatic N) is 1. The third-order valence-corrected chi connectivity index (χ3v) is 5.11. The third-order valence-electron chi connectivity index (χ3n) is 5.11. The van der Waals surface area contributed by atoms with E-state index in [0.717, 1.165) is 12.0 Å². The minimum atomic E-state index is -0.464. The summed E-state index contributed by atoms with van der Waals surface area (Å²) in [5, 5.41) is 0.493. The molecular weight excluding hydrogens is 342 g/mol. The van der Waals surface area contributed by atoms with Crippen molar-refractivity contribution in [3.8, 4) is 0 Å². The van der Waals surface area contributed by atoms with Gasteiger partial charge in [0.05, 0.1) is 23.6 Å². The highest BCUT2D eigenvalue weighted by Gasteiger charge is 2.42. The van der Waals surface area contributed by atoms with Crippen molar-refractivity contribution in [2.45, 2.75) is 19.4 Å². The summed E-state index contributed by atoms with van der Waals surface area (Å²) in [6.45, 7) is 2.86. The van der Waals surface area contributed by atoms with E-state index in [2.05, 4.69) is 6.92 Å². The van der Waals surface area contributed by atoms with Gasteiger partial charge in [-0.25, -0.2) is 0 Å². The number of fused-ring (bicyclic) bond motifs is 2. The Labute approximate surface area is 157 Å². The van der Waals surface area contributed by atoms with Crippen LogP contribution in [0.4, 0.5) is 0 Å². The first-order valence-corrected chi connectivity index (χ1v) is 9.10. The second-order valence-corrected chi connectivity index (χ2v) is 6.66. The van der Waals surface area contributed by atoms with Gasteiger partial charge < -0.3 is 14.1 Å². The summed E-state index contributed by atoms with van der Waals surface area (Å²) in [6.07, 6.45) is 0.931. The van der Waals surface area contributed by atoms with E-state index in [4.69, 9.17) is 9.15 Å². The molecule has 0 bridgehead atoms. The molecule has 5 nitrogen and oxygen atoms in total. The van der Waals surface area contributed by atoms with E-state index < -0.39 is 6.04 Å². The first-order chi connectivity index (χ1) is 13.2. The highest BCUT2D eigenvalue weighted by Crippen LogP contribution is 2.37. The van der Waals surface area contributed by atoms with Crippen LogP contribution in [0.25, 0.3) is 11.0 Å². The molecule has 4 rings (SSSR count). The quantitative estimate of drug-likeness (QED) is 0.696. The first kappa shape index (κ1) is 17.5. The van der Waals surface area contributed by atoms with Crippen LogP contribution in [-0.2, 0) is 11.2 Å². The van der Waals surface area contributed by atoms with Crippen LogP contribution >= 0.6 is 0 Å². The third kappa shape index (κ3) is 2.84. The van der Waals surface area contributed by atoms with Crippen LogP contribution in [0.2, 0.25) is 0 Å². The summed E-state index contributed by atoms with van der Waals surface area (Å²) in [5.74, 6) is -0.131. The minimum Gasteiger partial charge on any atom is -0.450 e. The van der Waals surface area contributed by atoms with Crippen molar-refractivity contribution < 1.29 is 13.9 Å². The predicted molar refractivity (Wildman–Crippen MR) is 103 cm³/mol. The van der Waals surface area contributed by atoms with Crippen LogP contribution in [0.1, 0.15) is 40.2 Å². The van der Waals surface area contributed by atoms with Gasteiger partial charge in [0.1, 0.15) is 5.58 Å². The highest BCUT2D eigenvalue weighted by molar-refractivity contribution is 5.99. The number of ether oxygens (including phenoxy) is 1. The van der Waals surface area contributed by atoms with Crippen molar-refractivity contribution in [2.24, 2.45) is 0 Å². The fraction of sp³-hybridized carbons (Fsp3) is 0.273. The number of para-hydroxylation sites is 1. The Kier molecular flexibility index (Phi) is 4.54. The molecule has 138 valence electrons. The topological polar surface area (TPSA) is 59.8 Å². The summed E-state index contributed by atoms with van der Waals surface area (Å²) < 4.78 is 11.0. The molecule has 1 amide bonds. The molecule has 0 saturated carbocycles. The normalized spacial score (nSPS) is 16.1. The first-order valence-electron chi connectivity index (χ1n) is 9.10. The van der Waals surface area contributed by atoms with Crippen molar-refractivity contribution in [2.75, 3.05) is 20.3 Å². The second-order valence-electron chi connectivity index (χ2n) is 6.66. The monoisotopic (exact) mass is 363 g/mol. The lowest BCUT2D eigenvalue weighted by Crippen LogP contribution is -2.32. The maximum absolute atomic E-state index is 13.2. The number of hydrogen-bond acceptors (Lipinski definition) is 4. The number of methoxy groups -OCH3 is 1. The molecule has 0 spiro atoms. The van der Waals surface area contributed by atoms with Crippen LogP contribution in [0.15, 0.2) is 57.7 Å². The van der Waals surface area contributed by atoms with Gasteiger partial charge in [0.2, 0.25) is 5.76 Å². The number of aryl methyl sites for hydroxylation is 1. The van der Waals surface area contributed by atoms with Gasteiger partial charge in [0.25, 0.3) is 5.91 Å². The van der Waals surface area contributed by atoms with E-state index in [1.165, 1.54) is 5.56 Å². The fourth-order valence-electron chi connectivity index (χ4n) is 3.67. The molecule has 1 aliphatic heterocycles. The summed E-state index contributed by atoms with van der Waals surface area (Å²) in [7, 11) is 1.59. The summed E-state index contributed by atoms with van der Waals surface area (Å²) >= 11 is 0. The van der Waals surface area contributed by atoms with Gasteiger partial charge >= 0.3 is 0 Å². The van der Waals surface area contributed by atoms with Gasteiger partial charge in [0, 0.05) is 13.7 Å². The maximum Gasteiger partial charge on any atom is 0.290 e. The Morgan fingerprint density at radius 1 is 1.07 bits per heavy atom. The Bertz CT molecular complexity index is 1050. The van der Waals surface area contributed by atoms with Crippen molar-refractivity contribution in [1.29, 1.82) is 0 Å². The molecular formula is C22H21NO4. The molecule has 2 heterocycles. The lowest BCUT2D eigenvalue weighted by atomic mass is 9.97. The number of amides is 1. The van der Waals surface area contributed by atoms with Crippen LogP contribution in [0.3, 0.4) is 0 Å². The minimum absolute atomic E-state index is 0.138. The molecule has 0 fully saturated rings. The molecule has 0 aliphatic carbocycles. The van der Waals surface area contributed by atoms with Gasteiger partial charge in [-0.05, 0) is 29.7 Å². The number of hydrogen-bond donors (Lipinski definition) is 0. The van der Waals surface area contributed by atoms with E-state index in [-0.39, 0.29) is 17.1 Å². The van der Waals surface area contributed by atoms with E-state index in [1.807, 2.05) is 24.3 Å². The van der Waals surface area contributed by atoms with Crippen LogP contribution in [0, 0.1) is 0 Å². The van der Waals surface area contributed by atoms with Crippen molar-refractivity contribution in [3.05, 3.63) is 81.2 Å². The van der Waals surface area contributed by atoms with Gasteiger partial charge in [0.15, 0.2) is 5.43 Å². The molecule has 1 aromatic heterocycles. The van der Waals surface area contributed by atoms with Gasteiger partial charge in [-0.1, -0.05) is 43.3 Å². The zero-order valence-electron chi connectivity index (χ0n) is 15.4. The van der Waals surface area contributed by atoms with Gasteiger partial charge in [-0.2, -0.15) is 0 Å². The van der Waals surface area contributed by atoms with E-state index in [9.17, 15) is 9.59 Å². The lowest BCUT2D eigenvalue weighted by Gasteiger charge is -2.25. The van der Waals surface area contributed by atoms with Gasteiger partial charge in [-0.3, -0.25) is 9.59 Å². The molecule has 0 unspecified atom stereocenters. The molecule has 0 saturated heterocycles. The number of rotatable bonds is 5. The van der Waals surface area contributed by atoms with Crippen LogP contribution in [-0.4, -0.2) is 31.1 Å². The molecule has 1 atom stereocenters. The van der Waals surface area contributed by atoms with Crippen LogP contribution in [0.5, 0.6) is 0 Å². The van der Waals surface area contributed by atoms with E-state index >= 15 is 0 Å². The molecule has 3 aromatic rings. The Morgan fingerprint density at radius 3 is 2.52 bits per heavy atom. The van der Waals surface area contributed by atoms with Crippen molar-refractivity contribution >= 4 is 16.9 Å². The Hall–Kier alpha value is -2.92. The number of benzene rings is 2. The SMILES string of the molecule is CCc1ccc([C@H]2c3c(oc4ccccc4c3=O)C(=O)N2CCOC)cc1. The Balaban J connectivity index is 1.93. The standard InChI is InChI=1S/C22H21NO4/c1-3-14-8-10-15(11-9-14)19-18-20(24)16-6-4-5-7-17(16)27-21(18)22(25)23(19)12-13-26-2/h4-11,19H,3,12-13H2,1-2H3/t19-/m0/s1. The molecule has 1 aliphatic rings. The average molecular weight is 363 g/mol. The summed E-state index contributed by atoms with van der Waals surface area (Å²) in [5.41, 5.74) is 2.81. The smallest absolute Gasteiger partial charge is 0.290 e. The second kappa shape index (κ2) is 7.00. The van der Waals surface area contributed by atoms with Crippen molar-refractivity contribution in [1.82, 2.24) is 4.90 Å². The largest absolute Gasteiger partial charge is 0.450 e. The summed E-state index contributed by atoms with van der Waals surface area (Å²) in [6, 6.07) is 14.6. The van der Waals surface area contributed by atoms with Crippen molar-refractivity contribution in [3.63, 3.8) is 0 Å². The molecule has 0 radical (unpaired) electrons. The molecule has 27 heavy (non-hydrogen) atoms. The predicted octanol–water partition coefficient (Wildman–Crippen LogP) is 3.55. The highest BCUT2D eigenvalue weighted by atomic mass is 16.5. The number of carbonyl (C=O) groups is 1. The fourth-order valence-corrected chi connectivity index (χ4v) is 3.67. The van der Waals surface area contributed by atoms with Crippen LogP contribution < -0.4 is 5.43 Å². The molecule has 2 aromatic carbocycles. The maximum atomic E-state index is 13.2. The zero-order valence-corrected chi connectivity index (χ0v) is 15.4. The zero-order chi connectivity index (χ0) is 19.0.